The molecule has 0 saturated carbocycles. The van der Waals surface area contributed by atoms with Crippen molar-refractivity contribution in [3.63, 3.8) is 0 Å². The molecule has 0 fully saturated rings. The van der Waals surface area contributed by atoms with Gasteiger partial charge in [0, 0.05) is 108 Å². The molecular weight excluding hydrogens is 1030 g/mol. The number of furan rings is 2. The number of hydrogen-bond acceptors (Lipinski definition) is 20. The first-order chi connectivity index (χ1) is 35.7. The van der Waals surface area contributed by atoms with E-state index in [0.717, 1.165) is 44.2 Å². The fourth-order valence-corrected chi connectivity index (χ4v) is 18.4. The van der Waals surface area contributed by atoms with Crippen LogP contribution in [-0.2, 0) is 53.1 Å². The second-order valence-corrected chi connectivity index (χ2v) is 26.7. The highest BCUT2D eigenvalue weighted by molar-refractivity contribution is 6.61. The van der Waals surface area contributed by atoms with E-state index >= 15 is 0 Å². The zero-order valence-electron chi connectivity index (χ0n) is 47.1. The largest absolute Gasteiger partial charge is 0.500 e. The zero-order valence-corrected chi connectivity index (χ0v) is 51.1. The molecule has 0 saturated heterocycles. The van der Waals surface area contributed by atoms with Crippen LogP contribution in [0.2, 0.25) is 24.2 Å². The third-order valence-electron chi connectivity index (χ3n) is 10.4. The Morgan fingerprint density at radius 1 is 0.514 bits per heavy atom. The van der Waals surface area contributed by atoms with Crippen LogP contribution in [0.25, 0.3) is 6.08 Å². The van der Waals surface area contributed by atoms with Gasteiger partial charge in [-0.25, -0.2) is 0 Å². The zero-order chi connectivity index (χ0) is 55.4. The summed E-state index contributed by atoms with van der Waals surface area (Å²) in [4.78, 5) is 22.7. The molecule has 1 unspecified atom stereocenters. The minimum Gasteiger partial charge on any atom is -0.467 e. The van der Waals surface area contributed by atoms with Crippen molar-refractivity contribution in [1.82, 2.24) is 10.2 Å². The van der Waals surface area contributed by atoms with E-state index in [1.54, 1.807) is 30.5 Å². The van der Waals surface area contributed by atoms with Crippen molar-refractivity contribution in [2.45, 2.75) is 139 Å². The standard InChI is InChI=1S/C24H48N2O9Si2.C18H43NO6Si2.C6H5NO3/c1-7-30-36(31-8-2,32-9-3)20-14-17-25(23(22-26(27)28)24-16-13-19-29-24)18-15-21-37(33-10-4,34-11-5)35-12-6;1-7-20-26(21-8-2,22-9-3)17-13-15-19-16-14-18-27(23-10-4,24-11-5)25-12-6;8-7(9)4-3-6-2-1-5-10-6/h13,16,19,23H,7-12,14-15,17-18,20-22H2,1-6H3;19H,7-18H2,1-6H3;1-5H/b;;4-3+. The van der Waals surface area contributed by atoms with Gasteiger partial charge in [0.15, 0.2) is 0 Å². The Hall–Kier alpha value is -2.59. The summed E-state index contributed by atoms with van der Waals surface area (Å²) in [6, 6.07) is 9.27. The summed E-state index contributed by atoms with van der Waals surface area (Å²) in [5.74, 6) is 1.05. The molecule has 2 heterocycles. The average Bonchev–Trinajstić information content (AvgIpc) is 4.10. The Morgan fingerprint density at radius 3 is 1.11 bits per heavy atom. The van der Waals surface area contributed by atoms with Crippen LogP contribution in [0.4, 0.5) is 0 Å². The molecule has 1 N–H and O–H groups in total. The minimum atomic E-state index is -2.83. The summed E-state index contributed by atoms with van der Waals surface area (Å²) in [5.41, 5.74) is 0. The first-order valence-electron chi connectivity index (χ1n) is 26.8. The van der Waals surface area contributed by atoms with Crippen molar-refractivity contribution >= 4 is 41.3 Å². The van der Waals surface area contributed by atoms with E-state index in [2.05, 4.69) is 10.2 Å². The number of rotatable bonds is 46. The van der Waals surface area contributed by atoms with Gasteiger partial charge in [0.05, 0.1) is 23.5 Å². The number of nitro groups is 2. The highest BCUT2D eigenvalue weighted by Gasteiger charge is 2.43. The molecule has 0 aliphatic rings. The lowest BCUT2D eigenvalue weighted by molar-refractivity contribution is -0.488. The van der Waals surface area contributed by atoms with E-state index in [9.17, 15) is 20.2 Å². The molecule has 432 valence electrons. The van der Waals surface area contributed by atoms with Crippen molar-refractivity contribution in [3.8, 4) is 0 Å². The van der Waals surface area contributed by atoms with Crippen LogP contribution in [0.1, 0.15) is 126 Å². The van der Waals surface area contributed by atoms with Crippen LogP contribution >= 0.6 is 0 Å². The molecular formula is C48H96N4O18Si4. The Morgan fingerprint density at radius 2 is 0.838 bits per heavy atom. The van der Waals surface area contributed by atoms with Crippen LogP contribution in [-0.4, -0.2) is 162 Å². The van der Waals surface area contributed by atoms with Crippen LogP contribution in [0.15, 0.2) is 51.8 Å². The average molecular weight is 1130 g/mol. The second-order valence-electron chi connectivity index (χ2n) is 15.8. The molecule has 2 rings (SSSR count). The molecule has 74 heavy (non-hydrogen) atoms. The first kappa shape index (κ1) is 71.4. The second kappa shape index (κ2) is 44.4. The van der Waals surface area contributed by atoms with Gasteiger partial charge in [-0.1, -0.05) is 0 Å². The highest BCUT2D eigenvalue weighted by Crippen LogP contribution is 2.27. The van der Waals surface area contributed by atoms with Gasteiger partial charge in [-0.05, 0) is 159 Å². The maximum atomic E-state index is 11.6. The summed E-state index contributed by atoms with van der Waals surface area (Å²) in [5, 5.41) is 24.9. The van der Waals surface area contributed by atoms with E-state index in [-0.39, 0.29) is 11.5 Å². The summed E-state index contributed by atoms with van der Waals surface area (Å²) in [6.45, 7) is 33.0. The molecule has 1 atom stereocenters. The highest BCUT2D eigenvalue weighted by atomic mass is 28.4. The molecule has 0 bridgehead atoms. The van der Waals surface area contributed by atoms with Gasteiger partial charge in [0.2, 0.25) is 12.7 Å². The fraction of sp³-hybridized carbons (Fsp3) is 0.792. The monoisotopic (exact) mass is 1130 g/mol. The molecule has 0 aliphatic carbocycles. The third-order valence-corrected chi connectivity index (χ3v) is 23.0. The molecule has 0 aliphatic heterocycles. The maximum Gasteiger partial charge on any atom is 0.500 e. The van der Waals surface area contributed by atoms with Crippen molar-refractivity contribution < 1.29 is 71.8 Å². The summed E-state index contributed by atoms with van der Waals surface area (Å²) >= 11 is 0. The maximum absolute atomic E-state index is 11.6. The van der Waals surface area contributed by atoms with Gasteiger partial charge in [-0.3, -0.25) is 25.1 Å². The van der Waals surface area contributed by atoms with E-state index < -0.39 is 46.2 Å². The summed E-state index contributed by atoms with van der Waals surface area (Å²) in [7, 11) is -10.7. The van der Waals surface area contributed by atoms with Crippen molar-refractivity contribution in [2.75, 3.05) is 112 Å². The molecule has 0 spiro atoms. The molecule has 2 aromatic heterocycles. The van der Waals surface area contributed by atoms with Crippen LogP contribution in [0.3, 0.4) is 0 Å². The van der Waals surface area contributed by atoms with Gasteiger partial charge in [0.1, 0.15) is 17.6 Å². The lowest BCUT2D eigenvalue weighted by atomic mass is 10.1. The lowest BCUT2D eigenvalue weighted by Crippen LogP contribution is -2.47. The van der Waals surface area contributed by atoms with Gasteiger partial charge >= 0.3 is 35.2 Å². The fourth-order valence-electron chi connectivity index (χ4n) is 7.94. The van der Waals surface area contributed by atoms with E-state index in [1.165, 1.54) is 12.3 Å². The Balaban J connectivity index is 0.00000125. The number of nitrogens with one attached hydrogen (secondary N) is 1. The predicted octanol–water partition coefficient (Wildman–Crippen LogP) is 9.76. The van der Waals surface area contributed by atoms with Crippen molar-refractivity contribution in [1.29, 1.82) is 0 Å². The first-order valence-corrected chi connectivity index (χ1v) is 34.6. The molecule has 0 radical (unpaired) electrons. The quantitative estimate of drug-likeness (QED) is 0.0281. The van der Waals surface area contributed by atoms with Gasteiger partial charge < -0.3 is 67.3 Å². The van der Waals surface area contributed by atoms with Gasteiger partial charge in [-0.2, -0.15) is 0 Å². The van der Waals surface area contributed by atoms with Crippen LogP contribution in [0, 0.1) is 20.2 Å². The van der Waals surface area contributed by atoms with Crippen LogP contribution in [0.5, 0.6) is 0 Å². The molecule has 26 heteroatoms. The molecule has 2 aromatic rings. The topological polar surface area (TPSA) is 239 Å². The normalized spacial score (nSPS) is 12.7. The smallest absolute Gasteiger partial charge is 0.467 e. The van der Waals surface area contributed by atoms with Crippen molar-refractivity contribution in [2.24, 2.45) is 0 Å². The Labute approximate surface area is 447 Å². The Bertz CT molecular complexity index is 1510. The number of nitrogens with zero attached hydrogens (tertiary/aromatic N) is 3. The van der Waals surface area contributed by atoms with Crippen molar-refractivity contribution in [3.05, 3.63) is 74.7 Å². The molecule has 0 amide bonds. The summed E-state index contributed by atoms with van der Waals surface area (Å²) in [6.07, 6.45) is 8.47. The Kier molecular flexibility index (Phi) is 42.8. The third kappa shape index (κ3) is 31.0. The van der Waals surface area contributed by atoms with Gasteiger partial charge in [0.25, 0.3) is 0 Å². The van der Waals surface area contributed by atoms with E-state index in [0.29, 0.717) is 129 Å². The molecule has 0 aromatic carbocycles. The van der Waals surface area contributed by atoms with Gasteiger partial charge in [-0.15, -0.1) is 0 Å². The molecule has 22 nitrogen and oxygen atoms in total. The minimum absolute atomic E-state index is 0.260. The SMILES string of the molecule is CCO[Si](CCCN(CCC[Si](OCC)(OCC)OCC)C(C[N+](=O)[O-])c1ccco1)(OCC)OCC.CCO[Si](CCCNCCC[Si](OCC)(OCC)OCC)(OCC)OCC.O=[N+]([O-])/C=C/c1ccco1. The van der Waals surface area contributed by atoms with E-state index in [1.807, 2.05) is 83.1 Å². The lowest BCUT2D eigenvalue weighted by Gasteiger charge is -2.32. The number of hydrogen-bond donors (Lipinski definition) is 1. The summed E-state index contributed by atoms with van der Waals surface area (Å²) < 4.78 is 81.7. The predicted molar refractivity (Wildman–Crippen MR) is 293 cm³/mol. The van der Waals surface area contributed by atoms with Crippen LogP contribution < -0.4 is 5.32 Å². The van der Waals surface area contributed by atoms with E-state index in [4.69, 9.17) is 61.9 Å².